The molecule has 0 spiro atoms. The molecule has 0 heterocycles. The highest BCUT2D eigenvalue weighted by molar-refractivity contribution is 5.87. The number of fused-ring (bicyclic) bond motifs is 1. The molecule has 0 saturated heterocycles. The first-order valence-corrected chi connectivity index (χ1v) is 7.03. The fraction of sp³-hybridized carbons (Fsp3) is 0.158. The summed E-state index contributed by atoms with van der Waals surface area (Å²) in [6.45, 7) is 2.27. The predicted octanol–water partition coefficient (Wildman–Crippen LogP) is 4.56. The summed E-state index contributed by atoms with van der Waals surface area (Å²) >= 11 is 0. The topological polar surface area (TPSA) is 20.2 Å². The van der Waals surface area contributed by atoms with Gasteiger partial charge in [-0.15, -0.1) is 0 Å². The molecule has 1 nitrogen and oxygen atoms in total. The number of benzene rings is 3. The zero-order chi connectivity index (χ0) is 13.9. The monoisotopic (exact) mass is 262 g/mol. The lowest BCUT2D eigenvalue weighted by molar-refractivity contribution is 0.282. The van der Waals surface area contributed by atoms with Crippen LogP contribution in [0.1, 0.15) is 18.1 Å². The Kier molecular flexibility index (Phi) is 3.53. The van der Waals surface area contributed by atoms with Gasteiger partial charge in [-0.25, -0.2) is 0 Å². The Balaban J connectivity index is 2.08. The van der Waals surface area contributed by atoms with Crippen molar-refractivity contribution in [2.75, 3.05) is 0 Å². The van der Waals surface area contributed by atoms with E-state index >= 15 is 0 Å². The first kappa shape index (κ1) is 12.9. The zero-order valence-corrected chi connectivity index (χ0v) is 11.6. The van der Waals surface area contributed by atoms with Gasteiger partial charge in [-0.2, -0.15) is 0 Å². The van der Waals surface area contributed by atoms with Crippen LogP contribution in [0.3, 0.4) is 0 Å². The maximum Gasteiger partial charge on any atom is 0.0682 e. The average Bonchev–Trinajstić information content (AvgIpc) is 2.54. The molecule has 3 aromatic rings. The fourth-order valence-corrected chi connectivity index (χ4v) is 2.54. The Labute approximate surface area is 119 Å². The van der Waals surface area contributed by atoms with Crippen LogP contribution in [0, 0.1) is 0 Å². The van der Waals surface area contributed by atoms with Gasteiger partial charge in [0.2, 0.25) is 0 Å². The molecule has 0 unspecified atom stereocenters. The summed E-state index contributed by atoms with van der Waals surface area (Å²) in [6.07, 6.45) is 1.06. The van der Waals surface area contributed by atoms with Crippen molar-refractivity contribution >= 4 is 10.8 Å². The lowest BCUT2D eigenvalue weighted by Crippen LogP contribution is -1.85. The second kappa shape index (κ2) is 5.48. The number of hydrogen-bond donors (Lipinski definition) is 1. The van der Waals surface area contributed by atoms with E-state index in [9.17, 15) is 5.11 Å². The van der Waals surface area contributed by atoms with E-state index in [1.54, 1.807) is 0 Å². The summed E-state index contributed by atoms with van der Waals surface area (Å²) in [7, 11) is 0. The van der Waals surface area contributed by atoms with Crippen LogP contribution in [0.2, 0.25) is 0 Å². The summed E-state index contributed by atoms with van der Waals surface area (Å²) in [5.74, 6) is 0. The third-order valence-corrected chi connectivity index (χ3v) is 3.76. The summed E-state index contributed by atoms with van der Waals surface area (Å²) in [6, 6.07) is 21.3. The van der Waals surface area contributed by atoms with E-state index in [1.807, 2.05) is 12.1 Å². The summed E-state index contributed by atoms with van der Waals surface area (Å²) in [5.41, 5.74) is 4.82. The smallest absolute Gasteiger partial charge is 0.0682 e. The van der Waals surface area contributed by atoms with Gasteiger partial charge in [-0.05, 0) is 51.6 Å². The van der Waals surface area contributed by atoms with E-state index in [1.165, 1.54) is 27.5 Å². The third kappa shape index (κ3) is 2.45. The number of hydrogen-bond acceptors (Lipinski definition) is 1. The van der Waals surface area contributed by atoms with Crippen molar-refractivity contribution < 1.29 is 5.11 Å². The third-order valence-electron chi connectivity index (χ3n) is 3.76. The van der Waals surface area contributed by atoms with Crippen molar-refractivity contribution in [3.63, 3.8) is 0 Å². The van der Waals surface area contributed by atoms with Crippen LogP contribution in [0.25, 0.3) is 21.9 Å². The van der Waals surface area contributed by atoms with E-state index in [4.69, 9.17) is 0 Å². The summed E-state index contributed by atoms with van der Waals surface area (Å²) in [5, 5.41) is 11.6. The SMILES string of the molecule is CCc1cccc(-c2ccc3cc(CO)ccc3c2)c1. The largest absolute Gasteiger partial charge is 0.392 e. The molecule has 0 atom stereocenters. The highest BCUT2D eigenvalue weighted by Gasteiger charge is 2.01. The van der Waals surface area contributed by atoms with Gasteiger partial charge in [0.1, 0.15) is 0 Å². The molecule has 1 heteroatoms. The van der Waals surface area contributed by atoms with Gasteiger partial charge in [-0.3, -0.25) is 0 Å². The van der Waals surface area contributed by atoms with Crippen molar-refractivity contribution in [1.29, 1.82) is 0 Å². The van der Waals surface area contributed by atoms with Crippen molar-refractivity contribution in [2.45, 2.75) is 20.0 Å². The van der Waals surface area contributed by atoms with Crippen LogP contribution in [-0.2, 0) is 13.0 Å². The lowest BCUT2D eigenvalue weighted by atomic mass is 9.98. The van der Waals surface area contributed by atoms with E-state index in [0.29, 0.717) is 0 Å². The molecule has 0 amide bonds. The molecule has 0 aliphatic carbocycles. The van der Waals surface area contributed by atoms with Crippen molar-refractivity contribution in [2.24, 2.45) is 0 Å². The summed E-state index contributed by atoms with van der Waals surface area (Å²) < 4.78 is 0. The molecular weight excluding hydrogens is 244 g/mol. The number of rotatable bonds is 3. The predicted molar refractivity (Wildman–Crippen MR) is 84.7 cm³/mol. The first-order valence-electron chi connectivity index (χ1n) is 7.03. The fourth-order valence-electron chi connectivity index (χ4n) is 2.54. The minimum absolute atomic E-state index is 0.0935. The van der Waals surface area contributed by atoms with Crippen molar-refractivity contribution in [1.82, 2.24) is 0 Å². The molecule has 100 valence electrons. The minimum Gasteiger partial charge on any atom is -0.392 e. The zero-order valence-electron chi connectivity index (χ0n) is 11.6. The van der Waals surface area contributed by atoms with Gasteiger partial charge in [0.25, 0.3) is 0 Å². The molecular formula is C19H18O. The molecule has 3 rings (SSSR count). The number of aryl methyl sites for hydroxylation is 1. The second-order valence-corrected chi connectivity index (χ2v) is 5.11. The van der Waals surface area contributed by atoms with Gasteiger partial charge in [-0.1, -0.05) is 55.5 Å². The second-order valence-electron chi connectivity index (χ2n) is 5.11. The molecule has 0 radical (unpaired) electrons. The van der Waals surface area contributed by atoms with Gasteiger partial charge < -0.3 is 5.11 Å². The van der Waals surface area contributed by atoms with Gasteiger partial charge >= 0.3 is 0 Å². The summed E-state index contributed by atoms with van der Waals surface area (Å²) in [4.78, 5) is 0. The van der Waals surface area contributed by atoms with Crippen LogP contribution < -0.4 is 0 Å². The average molecular weight is 262 g/mol. The quantitative estimate of drug-likeness (QED) is 0.733. The Morgan fingerprint density at radius 3 is 2.30 bits per heavy atom. The van der Waals surface area contributed by atoms with Crippen molar-refractivity contribution in [3.05, 3.63) is 71.8 Å². The van der Waals surface area contributed by atoms with E-state index in [2.05, 4.69) is 55.5 Å². The Bertz CT molecular complexity index is 744. The van der Waals surface area contributed by atoms with Crippen LogP contribution in [0.5, 0.6) is 0 Å². The van der Waals surface area contributed by atoms with E-state index in [0.717, 1.165) is 12.0 Å². The van der Waals surface area contributed by atoms with Gasteiger partial charge in [0.15, 0.2) is 0 Å². The number of aliphatic hydroxyl groups is 1. The molecule has 0 aliphatic heterocycles. The van der Waals surface area contributed by atoms with Gasteiger partial charge in [0, 0.05) is 0 Å². The standard InChI is InChI=1S/C19H18O/c1-2-14-4-3-5-16(10-14)19-9-8-17-11-15(13-20)6-7-18(17)12-19/h3-12,20H,2,13H2,1H3. The van der Waals surface area contributed by atoms with Crippen LogP contribution in [-0.4, -0.2) is 5.11 Å². The van der Waals surface area contributed by atoms with E-state index in [-0.39, 0.29) is 6.61 Å². The van der Waals surface area contributed by atoms with Gasteiger partial charge in [0.05, 0.1) is 6.61 Å². The normalized spacial score (nSPS) is 10.9. The van der Waals surface area contributed by atoms with Crippen LogP contribution >= 0.6 is 0 Å². The van der Waals surface area contributed by atoms with Crippen molar-refractivity contribution in [3.8, 4) is 11.1 Å². The molecule has 0 bridgehead atoms. The molecule has 0 saturated carbocycles. The Morgan fingerprint density at radius 1 is 0.750 bits per heavy atom. The minimum atomic E-state index is 0.0935. The highest BCUT2D eigenvalue weighted by Crippen LogP contribution is 2.26. The van der Waals surface area contributed by atoms with Crippen LogP contribution in [0.15, 0.2) is 60.7 Å². The van der Waals surface area contributed by atoms with E-state index < -0.39 is 0 Å². The van der Waals surface area contributed by atoms with Crippen LogP contribution in [0.4, 0.5) is 0 Å². The molecule has 1 N–H and O–H groups in total. The maximum absolute atomic E-state index is 9.19. The molecule has 3 aromatic carbocycles. The highest BCUT2D eigenvalue weighted by atomic mass is 16.3. The Morgan fingerprint density at radius 2 is 1.50 bits per heavy atom. The first-order chi connectivity index (χ1) is 9.80. The molecule has 0 aliphatic rings. The number of aliphatic hydroxyl groups excluding tert-OH is 1. The molecule has 0 fully saturated rings. The Hall–Kier alpha value is -2.12. The molecule has 0 aromatic heterocycles. The lowest BCUT2D eigenvalue weighted by Gasteiger charge is -2.07. The maximum atomic E-state index is 9.19. The molecule has 20 heavy (non-hydrogen) atoms.